The first-order valence-electron chi connectivity index (χ1n) is 10.7. The van der Waals surface area contributed by atoms with Gasteiger partial charge in [-0.3, -0.25) is 0 Å². The molecule has 0 aliphatic heterocycles. The number of ether oxygens (including phenoxy) is 2. The lowest BCUT2D eigenvalue weighted by atomic mass is 10.1. The maximum Gasteiger partial charge on any atom is 0.331 e. The number of carbonyl (C=O) groups excluding carboxylic acids is 2. The third-order valence-electron chi connectivity index (χ3n) is 4.38. The van der Waals surface area contributed by atoms with Gasteiger partial charge in [-0.25, -0.2) is 9.59 Å². The van der Waals surface area contributed by atoms with Gasteiger partial charge in [0.05, 0.1) is 12.7 Å². The van der Waals surface area contributed by atoms with E-state index in [2.05, 4.69) is 13.8 Å². The topological polar surface area (TPSA) is 52.6 Å². The van der Waals surface area contributed by atoms with Crippen LogP contribution in [0.2, 0.25) is 0 Å². The van der Waals surface area contributed by atoms with Gasteiger partial charge in [0.25, 0.3) is 0 Å². The minimum absolute atomic E-state index is 0.116. The van der Waals surface area contributed by atoms with Crippen molar-refractivity contribution in [1.29, 1.82) is 0 Å². The van der Waals surface area contributed by atoms with Crippen molar-refractivity contribution < 1.29 is 19.1 Å². The van der Waals surface area contributed by atoms with Crippen LogP contribution in [0.25, 0.3) is 0 Å². The highest BCUT2D eigenvalue weighted by Gasteiger charge is 2.07. The molecule has 1 atom stereocenters. The van der Waals surface area contributed by atoms with Gasteiger partial charge in [0.15, 0.2) is 0 Å². The van der Waals surface area contributed by atoms with Crippen LogP contribution in [-0.2, 0) is 19.1 Å². The van der Waals surface area contributed by atoms with Crippen molar-refractivity contribution in [2.24, 2.45) is 0 Å². The lowest BCUT2D eigenvalue weighted by Crippen LogP contribution is -2.13. The summed E-state index contributed by atoms with van der Waals surface area (Å²) in [5.41, 5.74) is 0. The second-order valence-electron chi connectivity index (χ2n) is 7.07. The first-order chi connectivity index (χ1) is 12.6. The fraction of sp³-hybridized carbons (Fsp3) is 0.818. The van der Waals surface area contributed by atoms with Gasteiger partial charge in [0.1, 0.15) is 0 Å². The van der Waals surface area contributed by atoms with Gasteiger partial charge in [0.2, 0.25) is 0 Å². The molecule has 0 aromatic rings. The van der Waals surface area contributed by atoms with Crippen LogP contribution in [0.3, 0.4) is 0 Å². The maximum absolute atomic E-state index is 11.6. The van der Waals surface area contributed by atoms with E-state index >= 15 is 0 Å². The van der Waals surface area contributed by atoms with E-state index in [9.17, 15) is 9.59 Å². The lowest BCUT2D eigenvalue weighted by Gasteiger charge is -2.10. The first-order valence-corrected chi connectivity index (χ1v) is 10.7. The van der Waals surface area contributed by atoms with E-state index in [1.807, 2.05) is 6.92 Å². The monoisotopic (exact) mass is 368 g/mol. The third kappa shape index (κ3) is 17.5. The highest BCUT2D eigenvalue weighted by molar-refractivity contribution is 5.91. The molecule has 0 aromatic heterocycles. The van der Waals surface area contributed by atoms with Crippen LogP contribution >= 0.6 is 0 Å². The summed E-state index contributed by atoms with van der Waals surface area (Å²) in [7, 11) is 0. The highest BCUT2D eigenvalue weighted by Crippen LogP contribution is 2.10. The standard InChI is InChI=1S/C22H40O4/c1-4-6-8-9-10-11-12-13-14-15-19-25-21(23)17-18-22(24)26-20(3)16-7-5-2/h17-18,20H,4-16,19H2,1-3H3/b18-17+. The molecule has 0 rings (SSSR count). The molecule has 4 heteroatoms. The molecule has 0 aromatic carbocycles. The molecule has 0 aliphatic carbocycles. The summed E-state index contributed by atoms with van der Waals surface area (Å²) in [6, 6.07) is 0. The van der Waals surface area contributed by atoms with Crippen LogP contribution in [0.15, 0.2) is 12.2 Å². The molecule has 0 fully saturated rings. The molecule has 0 N–H and O–H groups in total. The number of esters is 2. The summed E-state index contributed by atoms with van der Waals surface area (Å²) >= 11 is 0. The van der Waals surface area contributed by atoms with E-state index in [0.717, 1.165) is 44.3 Å². The third-order valence-corrected chi connectivity index (χ3v) is 4.38. The quantitative estimate of drug-likeness (QED) is 0.176. The van der Waals surface area contributed by atoms with E-state index in [1.54, 1.807) is 0 Å². The summed E-state index contributed by atoms with van der Waals surface area (Å²) < 4.78 is 10.3. The van der Waals surface area contributed by atoms with Crippen molar-refractivity contribution in [3.05, 3.63) is 12.2 Å². The van der Waals surface area contributed by atoms with Gasteiger partial charge in [-0.1, -0.05) is 84.5 Å². The van der Waals surface area contributed by atoms with E-state index in [1.165, 1.54) is 51.4 Å². The summed E-state index contributed by atoms with van der Waals surface area (Å²) in [6.45, 7) is 6.62. The van der Waals surface area contributed by atoms with Crippen LogP contribution in [0.1, 0.15) is 104 Å². The predicted molar refractivity (Wildman–Crippen MR) is 107 cm³/mol. The van der Waals surface area contributed by atoms with Gasteiger partial charge in [0, 0.05) is 12.2 Å². The maximum atomic E-state index is 11.6. The largest absolute Gasteiger partial charge is 0.463 e. The van der Waals surface area contributed by atoms with Crippen molar-refractivity contribution in [1.82, 2.24) is 0 Å². The number of carbonyl (C=O) groups is 2. The molecular weight excluding hydrogens is 328 g/mol. The van der Waals surface area contributed by atoms with E-state index in [4.69, 9.17) is 9.47 Å². The Morgan fingerprint density at radius 1 is 0.731 bits per heavy atom. The Bertz CT molecular complexity index is 376. The lowest BCUT2D eigenvalue weighted by molar-refractivity contribution is -0.143. The Hall–Kier alpha value is -1.32. The van der Waals surface area contributed by atoms with Gasteiger partial charge in [-0.15, -0.1) is 0 Å². The van der Waals surface area contributed by atoms with Crippen LogP contribution in [0.4, 0.5) is 0 Å². The van der Waals surface area contributed by atoms with Crippen molar-refractivity contribution in [3.8, 4) is 0 Å². The molecule has 0 aliphatic rings. The smallest absolute Gasteiger partial charge is 0.331 e. The molecule has 152 valence electrons. The number of rotatable bonds is 17. The number of hydrogen-bond donors (Lipinski definition) is 0. The zero-order chi connectivity index (χ0) is 19.5. The summed E-state index contributed by atoms with van der Waals surface area (Å²) in [4.78, 5) is 23.1. The van der Waals surface area contributed by atoms with Crippen molar-refractivity contribution >= 4 is 11.9 Å². The molecule has 0 saturated carbocycles. The Morgan fingerprint density at radius 2 is 1.23 bits per heavy atom. The highest BCUT2D eigenvalue weighted by atomic mass is 16.5. The van der Waals surface area contributed by atoms with Crippen LogP contribution < -0.4 is 0 Å². The molecule has 0 spiro atoms. The van der Waals surface area contributed by atoms with Crippen molar-refractivity contribution in [2.75, 3.05) is 6.61 Å². The fourth-order valence-corrected chi connectivity index (χ4v) is 2.73. The molecule has 4 nitrogen and oxygen atoms in total. The molecule has 0 heterocycles. The second kappa shape index (κ2) is 18.5. The van der Waals surface area contributed by atoms with Crippen LogP contribution in [-0.4, -0.2) is 24.6 Å². The van der Waals surface area contributed by atoms with Gasteiger partial charge >= 0.3 is 11.9 Å². The van der Waals surface area contributed by atoms with Gasteiger partial charge in [-0.2, -0.15) is 0 Å². The minimum Gasteiger partial charge on any atom is -0.463 e. The number of hydrogen-bond acceptors (Lipinski definition) is 4. The Kier molecular flexibility index (Phi) is 17.5. The van der Waals surface area contributed by atoms with Crippen molar-refractivity contribution in [3.63, 3.8) is 0 Å². The van der Waals surface area contributed by atoms with E-state index < -0.39 is 11.9 Å². The van der Waals surface area contributed by atoms with Gasteiger partial charge < -0.3 is 9.47 Å². The van der Waals surface area contributed by atoms with Gasteiger partial charge in [-0.05, 0) is 19.8 Å². The minimum atomic E-state index is -0.482. The Labute approximate surface area is 160 Å². The Balaban J connectivity index is 3.52. The van der Waals surface area contributed by atoms with Crippen molar-refractivity contribution in [2.45, 2.75) is 110 Å². The fourth-order valence-electron chi connectivity index (χ4n) is 2.73. The second-order valence-corrected chi connectivity index (χ2v) is 7.07. The SMILES string of the molecule is CCCCCCCCCCCCOC(=O)/C=C/C(=O)OC(C)CCCC. The zero-order valence-corrected chi connectivity index (χ0v) is 17.3. The average molecular weight is 369 g/mol. The first kappa shape index (κ1) is 24.7. The van der Waals surface area contributed by atoms with E-state index in [-0.39, 0.29) is 6.10 Å². The Morgan fingerprint density at radius 3 is 1.81 bits per heavy atom. The van der Waals surface area contributed by atoms with Crippen LogP contribution in [0.5, 0.6) is 0 Å². The normalized spacial score (nSPS) is 12.3. The number of unbranched alkanes of at least 4 members (excludes halogenated alkanes) is 10. The molecule has 1 unspecified atom stereocenters. The summed E-state index contributed by atoms with van der Waals surface area (Å²) in [6.07, 6.45) is 17.6. The molecule has 0 saturated heterocycles. The van der Waals surface area contributed by atoms with Crippen LogP contribution in [0, 0.1) is 0 Å². The predicted octanol–water partition coefficient (Wildman–Crippen LogP) is 6.13. The van der Waals surface area contributed by atoms with E-state index in [0.29, 0.717) is 6.61 Å². The average Bonchev–Trinajstić information content (AvgIpc) is 2.62. The molecule has 0 radical (unpaired) electrons. The summed E-state index contributed by atoms with van der Waals surface area (Å²) in [5, 5.41) is 0. The zero-order valence-electron chi connectivity index (χ0n) is 17.3. The molecule has 0 amide bonds. The molecule has 0 bridgehead atoms. The molecule has 26 heavy (non-hydrogen) atoms. The molecular formula is C22H40O4. The summed E-state index contributed by atoms with van der Waals surface area (Å²) in [5.74, 6) is -0.955.